The first-order valence-corrected chi connectivity index (χ1v) is 5.92. The van der Waals surface area contributed by atoms with E-state index in [4.69, 9.17) is 10.5 Å². The molecule has 3 heteroatoms. The lowest BCUT2D eigenvalue weighted by Crippen LogP contribution is -2.44. The zero-order valence-corrected chi connectivity index (χ0v) is 9.94. The Labute approximate surface area is 97.0 Å². The largest absolute Gasteiger partial charge is 0.491 e. The van der Waals surface area contributed by atoms with Crippen molar-refractivity contribution in [2.75, 3.05) is 5.32 Å². The molecule has 16 heavy (non-hydrogen) atoms. The van der Waals surface area contributed by atoms with Crippen LogP contribution in [0.5, 0.6) is 5.75 Å². The summed E-state index contributed by atoms with van der Waals surface area (Å²) in [5, 5.41) is 3.45. The molecule has 3 N–H and O–H groups in total. The molecule has 3 nitrogen and oxygen atoms in total. The lowest BCUT2D eigenvalue weighted by molar-refractivity contribution is 0.242. The second kappa shape index (κ2) is 4.74. The van der Waals surface area contributed by atoms with Gasteiger partial charge in [0, 0.05) is 17.8 Å². The van der Waals surface area contributed by atoms with E-state index in [-0.39, 0.29) is 6.10 Å². The molecule has 1 saturated carbocycles. The maximum Gasteiger partial charge on any atom is 0.119 e. The molecule has 0 spiro atoms. The van der Waals surface area contributed by atoms with Crippen LogP contribution in [0.1, 0.15) is 26.7 Å². The van der Waals surface area contributed by atoms with Gasteiger partial charge in [-0.25, -0.2) is 0 Å². The van der Waals surface area contributed by atoms with Gasteiger partial charge in [0.2, 0.25) is 0 Å². The molecular formula is C13H20N2O. The summed E-state index contributed by atoms with van der Waals surface area (Å²) >= 11 is 0. The third-order valence-corrected chi connectivity index (χ3v) is 2.77. The van der Waals surface area contributed by atoms with Crippen LogP contribution >= 0.6 is 0 Å². The molecule has 88 valence electrons. The first kappa shape index (κ1) is 11.3. The number of benzene rings is 1. The van der Waals surface area contributed by atoms with E-state index in [9.17, 15) is 0 Å². The van der Waals surface area contributed by atoms with Crippen molar-refractivity contribution >= 4 is 5.69 Å². The number of nitrogens with one attached hydrogen (secondary N) is 1. The van der Waals surface area contributed by atoms with Gasteiger partial charge in [-0.05, 0) is 51.0 Å². The van der Waals surface area contributed by atoms with Crippen LogP contribution in [0.2, 0.25) is 0 Å². The highest BCUT2D eigenvalue weighted by Crippen LogP contribution is 2.24. The highest BCUT2D eigenvalue weighted by Gasteiger charge is 2.25. The molecular weight excluding hydrogens is 200 g/mol. The summed E-state index contributed by atoms with van der Waals surface area (Å²) in [4.78, 5) is 0. The second-order valence-corrected chi connectivity index (χ2v) is 4.76. The zero-order valence-electron chi connectivity index (χ0n) is 9.94. The van der Waals surface area contributed by atoms with Gasteiger partial charge in [-0.15, -0.1) is 0 Å². The summed E-state index contributed by atoms with van der Waals surface area (Å²) in [6.07, 6.45) is 2.37. The Morgan fingerprint density at radius 2 is 1.88 bits per heavy atom. The first-order chi connectivity index (χ1) is 7.63. The van der Waals surface area contributed by atoms with Crippen molar-refractivity contribution in [1.82, 2.24) is 0 Å². The maximum atomic E-state index is 5.74. The number of hydrogen-bond donors (Lipinski definition) is 2. The highest BCUT2D eigenvalue weighted by atomic mass is 16.5. The number of ether oxygens (including phenoxy) is 1. The Morgan fingerprint density at radius 3 is 2.38 bits per heavy atom. The average molecular weight is 220 g/mol. The Kier molecular flexibility index (Phi) is 3.34. The molecule has 1 aromatic rings. The van der Waals surface area contributed by atoms with Crippen LogP contribution in [-0.4, -0.2) is 18.2 Å². The highest BCUT2D eigenvalue weighted by molar-refractivity contribution is 5.47. The van der Waals surface area contributed by atoms with Gasteiger partial charge in [-0.2, -0.15) is 0 Å². The van der Waals surface area contributed by atoms with Gasteiger partial charge >= 0.3 is 0 Å². The Bertz CT molecular complexity index is 328. The number of anilines is 1. The van der Waals surface area contributed by atoms with Gasteiger partial charge < -0.3 is 15.8 Å². The fourth-order valence-corrected chi connectivity index (χ4v) is 1.92. The fraction of sp³-hybridized carbons (Fsp3) is 0.538. The number of hydrogen-bond acceptors (Lipinski definition) is 3. The molecule has 0 atom stereocenters. The van der Waals surface area contributed by atoms with Crippen molar-refractivity contribution < 1.29 is 4.74 Å². The molecule has 2 rings (SSSR count). The smallest absolute Gasteiger partial charge is 0.119 e. The van der Waals surface area contributed by atoms with E-state index in [1.807, 2.05) is 26.0 Å². The Morgan fingerprint density at radius 1 is 1.25 bits per heavy atom. The topological polar surface area (TPSA) is 47.3 Å². The van der Waals surface area contributed by atoms with E-state index in [2.05, 4.69) is 17.4 Å². The van der Waals surface area contributed by atoms with Gasteiger partial charge in [-0.1, -0.05) is 0 Å². The minimum Gasteiger partial charge on any atom is -0.491 e. The predicted octanol–water partition coefficient (Wildman–Crippen LogP) is 2.38. The van der Waals surface area contributed by atoms with Crippen LogP contribution in [0.4, 0.5) is 5.69 Å². The van der Waals surface area contributed by atoms with Crippen LogP contribution < -0.4 is 15.8 Å². The van der Waals surface area contributed by atoms with Gasteiger partial charge in [-0.3, -0.25) is 0 Å². The van der Waals surface area contributed by atoms with Crippen molar-refractivity contribution in [1.29, 1.82) is 0 Å². The van der Waals surface area contributed by atoms with Crippen molar-refractivity contribution in [3.8, 4) is 5.75 Å². The standard InChI is InChI=1S/C13H20N2O/c1-9(2)16-13-5-3-11(4-6-13)15-12-7-10(14)8-12/h3-6,9-10,12,15H,7-8,14H2,1-2H3. The van der Waals surface area contributed by atoms with E-state index >= 15 is 0 Å². The van der Waals surface area contributed by atoms with E-state index < -0.39 is 0 Å². The fourth-order valence-electron chi connectivity index (χ4n) is 1.92. The summed E-state index contributed by atoms with van der Waals surface area (Å²) in [7, 11) is 0. The lowest BCUT2D eigenvalue weighted by atomic mass is 9.87. The molecule has 1 aromatic carbocycles. The lowest BCUT2D eigenvalue weighted by Gasteiger charge is -2.33. The quantitative estimate of drug-likeness (QED) is 0.819. The Hall–Kier alpha value is -1.22. The van der Waals surface area contributed by atoms with Gasteiger partial charge in [0.25, 0.3) is 0 Å². The average Bonchev–Trinajstić information content (AvgIpc) is 2.18. The van der Waals surface area contributed by atoms with E-state index in [0.29, 0.717) is 12.1 Å². The van der Waals surface area contributed by atoms with Crippen molar-refractivity contribution in [3.05, 3.63) is 24.3 Å². The number of rotatable bonds is 4. The van der Waals surface area contributed by atoms with E-state index in [1.54, 1.807) is 0 Å². The summed E-state index contributed by atoms with van der Waals surface area (Å²) < 4.78 is 5.58. The number of nitrogens with two attached hydrogens (primary N) is 1. The Balaban J connectivity index is 1.87. The summed E-state index contributed by atoms with van der Waals surface area (Å²) in [6.45, 7) is 4.06. The molecule has 0 saturated heterocycles. The third-order valence-electron chi connectivity index (χ3n) is 2.77. The van der Waals surface area contributed by atoms with Crippen molar-refractivity contribution in [2.45, 2.75) is 44.9 Å². The van der Waals surface area contributed by atoms with Gasteiger partial charge in [0.15, 0.2) is 0 Å². The summed E-state index contributed by atoms with van der Waals surface area (Å²) in [5.74, 6) is 0.922. The van der Waals surface area contributed by atoms with E-state index in [0.717, 1.165) is 24.3 Å². The summed E-state index contributed by atoms with van der Waals surface area (Å²) in [5.41, 5.74) is 6.89. The summed E-state index contributed by atoms with van der Waals surface area (Å²) in [6, 6.07) is 9.05. The third kappa shape index (κ3) is 2.89. The van der Waals surface area contributed by atoms with E-state index in [1.165, 1.54) is 0 Å². The second-order valence-electron chi connectivity index (χ2n) is 4.76. The predicted molar refractivity (Wildman–Crippen MR) is 66.8 cm³/mol. The molecule has 0 heterocycles. The first-order valence-electron chi connectivity index (χ1n) is 5.92. The molecule has 0 bridgehead atoms. The molecule has 1 aliphatic carbocycles. The molecule has 0 unspecified atom stereocenters. The SMILES string of the molecule is CC(C)Oc1ccc(NC2CC(N)C2)cc1. The molecule has 0 aliphatic heterocycles. The van der Waals surface area contributed by atoms with Gasteiger partial charge in [0.1, 0.15) is 5.75 Å². The molecule has 0 aromatic heterocycles. The maximum absolute atomic E-state index is 5.74. The van der Waals surface area contributed by atoms with Crippen LogP contribution in [0.25, 0.3) is 0 Å². The van der Waals surface area contributed by atoms with Crippen LogP contribution in [0, 0.1) is 0 Å². The molecule has 1 aliphatic rings. The zero-order chi connectivity index (χ0) is 11.5. The minimum atomic E-state index is 0.225. The monoisotopic (exact) mass is 220 g/mol. The molecule has 0 amide bonds. The molecule has 0 radical (unpaired) electrons. The van der Waals surface area contributed by atoms with Crippen LogP contribution in [0.3, 0.4) is 0 Å². The minimum absolute atomic E-state index is 0.225. The van der Waals surface area contributed by atoms with Crippen LogP contribution in [0.15, 0.2) is 24.3 Å². The van der Waals surface area contributed by atoms with Crippen molar-refractivity contribution in [2.24, 2.45) is 5.73 Å². The van der Waals surface area contributed by atoms with Gasteiger partial charge in [0.05, 0.1) is 6.10 Å². The molecule has 1 fully saturated rings. The van der Waals surface area contributed by atoms with Crippen molar-refractivity contribution in [3.63, 3.8) is 0 Å². The normalized spacial score (nSPS) is 24.0. The van der Waals surface area contributed by atoms with Crippen LogP contribution in [-0.2, 0) is 0 Å².